The summed E-state index contributed by atoms with van der Waals surface area (Å²) in [6.07, 6.45) is 6.63. The first-order valence-corrected chi connectivity index (χ1v) is 6.94. The molecule has 0 saturated heterocycles. The van der Waals surface area contributed by atoms with Crippen molar-refractivity contribution in [1.29, 1.82) is 0 Å². The highest BCUT2D eigenvalue weighted by Crippen LogP contribution is 2.20. The Hall–Kier alpha value is -3.07. The molecule has 0 unspecified atom stereocenters. The zero-order valence-corrected chi connectivity index (χ0v) is 12.0. The van der Waals surface area contributed by atoms with Crippen LogP contribution in [0.2, 0.25) is 0 Å². The third kappa shape index (κ3) is 2.83. The normalized spacial score (nSPS) is 10.9. The van der Waals surface area contributed by atoms with E-state index in [0.29, 0.717) is 11.3 Å². The minimum atomic E-state index is -0.0696. The van der Waals surface area contributed by atoms with E-state index in [0.717, 1.165) is 16.5 Å². The maximum Gasteiger partial charge on any atom is 0.185 e. The average Bonchev–Trinajstić information content (AvgIpc) is 2.96. The van der Waals surface area contributed by atoms with Crippen LogP contribution in [0.4, 0.5) is 0 Å². The summed E-state index contributed by atoms with van der Waals surface area (Å²) < 4.78 is 5.19. The SMILES string of the molecule is C=COc1cccc(C(=O)/C=C/c2c[nH]c3ccccc23)c1. The molecular formula is C19H15NO2. The Kier molecular flexibility index (Phi) is 3.88. The molecule has 3 aromatic rings. The van der Waals surface area contributed by atoms with E-state index in [1.54, 1.807) is 30.3 Å². The zero-order chi connectivity index (χ0) is 15.4. The van der Waals surface area contributed by atoms with Crippen molar-refractivity contribution in [3.8, 4) is 5.75 Å². The Morgan fingerprint density at radius 3 is 2.86 bits per heavy atom. The highest BCUT2D eigenvalue weighted by atomic mass is 16.5. The summed E-state index contributed by atoms with van der Waals surface area (Å²) in [5.41, 5.74) is 2.62. The fourth-order valence-electron chi connectivity index (χ4n) is 2.31. The number of ether oxygens (including phenoxy) is 1. The van der Waals surface area contributed by atoms with Gasteiger partial charge in [0.05, 0.1) is 6.26 Å². The van der Waals surface area contributed by atoms with Gasteiger partial charge in [-0.3, -0.25) is 4.79 Å². The van der Waals surface area contributed by atoms with Crippen LogP contribution in [0.25, 0.3) is 17.0 Å². The number of fused-ring (bicyclic) bond motifs is 1. The quantitative estimate of drug-likeness (QED) is 0.424. The van der Waals surface area contributed by atoms with E-state index in [9.17, 15) is 4.79 Å². The van der Waals surface area contributed by atoms with Crippen molar-refractivity contribution >= 4 is 22.8 Å². The number of H-pyrrole nitrogens is 1. The average molecular weight is 289 g/mol. The molecule has 0 aliphatic rings. The van der Waals surface area contributed by atoms with Gasteiger partial charge < -0.3 is 9.72 Å². The first-order chi connectivity index (χ1) is 10.8. The Balaban J connectivity index is 1.84. The first kappa shape index (κ1) is 13.9. The summed E-state index contributed by atoms with van der Waals surface area (Å²) >= 11 is 0. The topological polar surface area (TPSA) is 42.1 Å². The molecule has 0 radical (unpaired) electrons. The van der Waals surface area contributed by atoms with E-state index in [4.69, 9.17) is 4.74 Å². The predicted octanol–water partition coefficient (Wildman–Crippen LogP) is 4.59. The van der Waals surface area contributed by atoms with Gasteiger partial charge in [-0.25, -0.2) is 0 Å². The fourth-order valence-corrected chi connectivity index (χ4v) is 2.31. The minimum absolute atomic E-state index is 0.0696. The van der Waals surface area contributed by atoms with E-state index in [-0.39, 0.29) is 5.78 Å². The number of allylic oxidation sites excluding steroid dienone is 1. The van der Waals surface area contributed by atoms with Crippen molar-refractivity contribution in [1.82, 2.24) is 4.98 Å². The lowest BCUT2D eigenvalue weighted by molar-refractivity contribution is 0.104. The van der Waals surface area contributed by atoms with Gasteiger partial charge in [0.15, 0.2) is 5.78 Å². The molecule has 0 aliphatic heterocycles. The molecule has 0 atom stereocenters. The first-order valence-electron chi connectivity index (χ1n) is 6.94. The van der Waals surface area contributed by atoms with Crippen molar-refractivity contribution < 1.29 is 9.53 Å². The lowest BCUT2D eigenvalue weighted by atomic mass is 10.1. The molecule has 1 aromatic heterocycles. The second kappa shape index (κ2) is 6.14. The molecule has 3 rings (SSSR count). The van der Waals surface area contributed by atoms with Crippen LogP contribution in [-0.2, 0) is 0 Å². The van der Waals surface area contributed by atoms with Crippen LogP contribution in [0, 0.1) is 0 Å². The smallest absolute Gasteiger partial charge is 0.185 e. The van der Waals surface area contributed by atoms with Crippen LogP contribution < -0.4 is 4.74 Å². The van der Waals surface area contributed by atoms with E-state index < -0.39 is 0 Å². The van der Waals surface area contributed by atoms with Crippen LogP contribution in [0.15, 0.2) is 73.6 Å². The van der Waals surface area contributed by atoms with Crippen molar-refractivity contribution in [2.45, 2.75) is 0 Å². The van der Waals surface area contributed by atoms with Crippen LogP contribution >= 0.6 is 0 Å². The van der Waals surface area contributed by atoms with Crippen LogP contribution in [0.1, 0.15) is 15.9 Å². The predicted molar refractivity (Wildman–Crippen MR) is 88.9 cm³/mol. The fraction of sp³-hybridized carbons (Fsp3) is 0. The third-order valence-corrected chi connectivity index (χ3v) is 3.37. The largest absolute Gasteiger partial charge is 0.466 e. The molecule has 0 fully saturated rings. The molecule has 0 amide bonds. The van der Waals surface area contributed by atoms with Crippen molar-refractivity contribution in [3.05, 3.63) is 84.8 Å². The van der Waals surface area contributed by atoms with E-state index in [2.05, 4.69) is 11.6 Å². The molecule has 1 heterocycles. The molecule has 0 saturated carbocycles. The Labute approximate surface area is 128 Å². The maximum atomic E-state index is 12.3. The molecule has 3 nitrogen and oxygen atoms in total. The highest BCUT2D eigenvalue weighted by molar-refractivity contribution is 6.08. The van der Waals surface area contributed by atoms with Crippen LogP contribution in [-0.4, -0.2) is 10.8 Å². The van der Waals surface area contributed by atoms with Gasteiger partial charge in [0.2, 0.25) is 0 Å². The van der Waals surface area contributed by atoms with Gasteiger partial charge >= 0.3 is 0 Å². The van der Waals surface area contributed by atoms with Gasteiger partial charge in [-0.1, -0.05) is 36.9 Å². The number of benzene rings is 2. The standard InChI is InChI=1S/C19H15NO2/c1-2-22-16-7-5-6-14(12-16)19(21)11-10-15-13-20-18-9-4-3-8-17(15)18/h2-13,20H,1H2/b11-10+. The molecule has 0 aliphatic carbocycles. The summed E-state index contributed by atoms with van der Waals surface area (Å²) in [4.78, 5) is 15.4. The van der Waals surface area contributed by atoms with Crippen molar-refractivity contribution in [2.24, 2.45) is 0 Å². The monoisotopic (exact) mass is 289 g/mol. The minimum Gasteiger partial charge on any atom is -0.466 e. The number of ketones is 1. The lowest BCUT2D eigenvalue weighted by Crippen LogP contribution is -1.94. The number of aromatic nitrogens is 1. The molecule has 22 heavy (non-hydrogen) atoms. The number of nitrogens with one attached hydrogen (secondary N) is 1. The highest BCUT2D eigenvalue weighted by Gasteiger charge is 2.04. The van der Waals surface area contributed by atoms with Gasteiger partial charge in [0.25, 0.3) is 0 Å². The second-order valence-corrected chi connectivity index (χ2v) is 4.80. The van der Waals surface area contributed by atoms with Gasteiger partial charge in [-0.15, -0.1) is 0 Å². The Morgan fingerprint density at radius 2 is 2.00 bits per heavy atom. The summed E-state index contributed by atoms with van der Waals surface area (Å²) in [6, 6.07) is 15.0. The Morgan fingerprint density at radius 1 is 1.14 bits per heavy atom. The van der Waals surface area contributed by atoms with Gasteiger partial charge in [0, 0.05) is 22.7 Å². The van der Waals surface area contributed by atoms with E-state index in [1.807, 2.05) is 36.5 Å². The molecule has 2 aromatic carbocycles. The van der Waals surface area contributed by atoms with E-state index in [1.165, 1.54) is 6.26 Å². The molecule has 0 spiro atoms. The Bertz CT molecular complexity index is 859. The molecule has 1 N–H and O–H groups in total. The summed E-state index contributed by atoms with van der Waals surface area (Å²) in [5.74, 6) is 0.529. The molecule has 3 heteroatoms. The summed E-state index contributed by atoms with van der Waals surface area (Å²) in [5, 5.41) is 1.09. The molecule has 0 bridgehead atoms. The van der Waals surface area contributed by atoms with Gasteiger partial charge in [-0.2, -0.15) is 0 Å². The van der Waals surface area contributed by atoms with E-state index >= 15 is 0 Å². The van der Waals surface area contributed by atoms with Crippen molar-refractivity contribution in [2.75, 3.05) is 0 Å². The van der Waals surface area contributed by atoms with Crippen molar-refractivity contribution in [3.63, 3.8) is 0 Å². The van der Waals surface area contributed by atoms with Crippen LogP contribution in [0.3, 0.4) is 0 Å². The summed E-state index contributed by atoms with van der Waals surface area (Å²) in [7, 11) is 0. The van der Waals surface area contributed by atoms with Gasteiger partial charge in [0.1, 0.15) is 5.75 Å². The lowest BCUT2D eigenvalue weighted by Gasteiger charge is -2.01. The number of carbonyl (C=O) groups excluding carboxylic acids is 1. The second-order valence-electron chi connectivity index (χ2n) is 4.80. The number of aromatic amines is 1. The number of carbonyl (C=O) groups is 1. The summed E-state index contributed by atoms with van der Waals surface area (Å²) in [6.45, 7) is 3.50. The maximum absolute atomic E-state index is 12.3. The van der Waals surface area contributed by atoms with Gasteiger partial charge in [-0.05, 0) is 35.9 Å². The molecule has 108 valence electrons. The number of rotatable bonds is 5. The van der Waals surface area contributed by atoms with Crippen LogP contribution in [0.5, 0.6) is 5.75 Å². The number of hydrogen-bond donors (Lipinski definition) is 1. The molecular weight excluding hydrogens is 274 g/mol. The number of para-hydroxylation sites is 1. The third-order valence-electron chi connectivity index (χ3n) is 3.37. The zero-order valence-electron chi connectivity index (χ0n) is 12.0. The number of hydrogen-bond acceptors (Lipinski definition) is 2.